The third-order valence-electron chi connectivity index (χ3n) is 5.83. The molecule has 2 atom stereocenters. The lowest BCUT2D eigenvalue weighted by atomic mass is 9.76. The number of alkyl halides is 3. The zero-order chi connectivity index (χ0) is 26.3. The number of halogens is 5. The van der Waals surface area contributed by atoms with Crippen LogP contribution in [0.15, 0.2) is 30.3 Å². The maximum atomic E-state index is 13.9. The van der Waals surface area contributed by atoms with Gasteiger partial charge >= 0.3 is 6.36 Å². The number of carbonyl (C=O) groups is 1. The molecule has 188 valence electrons. The number of likely N-dealkylation sites (tertiary alicyclic amines) is 1. The van der Waals surface area contributed by atoms with Crippen molar-refractivity contribution in [1.82, 2.24) is 9.88 Å². The lowest BCUT2D eigenvalue weighted by Crippen LogP contribution is -2.53. The van der Waals surface area contributed by atoms with Crippen LogP contribution in [0, 0.1) is 18.6 Å². The van der Waals surface area contributed by atoms with E-state index in [0.29, 0.717) is 6.07 Å². The van der Waals surface area contributed by atoms with Crippen molar-refractivity contribution >= 4 is 21.6 Å². The highest BCUT2D eigenvalue weighted by Crippen LogP contribution is 2.47. The van der Waals surface area contributed by atoms with E-state index in [4.69, 9.17) is 29.9 Å². The fourth-order valence-electron chi connectivity index (χ4n) is 4.34. The number of rotatable bonds is 6. The Kier molecular flexibility index (Phi) is 7.06. The molecule has 2 aliphatic heterocycles. The van der Waals surface area contributed by atoms with Crippen molar-refractivity contribution in [2.24, 2.45) is 0 Å². The van der Waals surface area contributed by atoms with Crippen LogP contribution in [0.25, 0.3) is 0 Å². The summed E-state index contributed by atoms with van der Waals surface area (Å²) in [5.41, 5.74) is -2.97. The number of fused-ring (bicyclic) bond motifs is 1. The number of aromatic nitrogens is 1. The SMILES string of the molecule is [B]C1([B])OC2CN(C(=O)c3ccc(OCCOC(F)(F)F)c(C)n3)CCC2(c2cc(F)cc(F)c2)O1. The van der Waals surface area contributed by atoms with E-state index in [1.165, 1.54) is 24.0 Å². The number of nitrogens with zero attached hydrogens (tertiary/aromatic N) is 2. The molecule has 0 saturated carbocycles. The average Bonchev–Trinajstić information content (AvgIpc) is 3.06. The first-order chi connectivity index (χ1) is 16.8. The van der Waals surface area contributed by atoms with Crippen molar-refractivity contribution in [2.75, 3.05) is 26.3 Å². The molecular weight excluding hydrogens is 489 g/mol. The molecule has 0 bridgehead atoms. The Morgan fingerprint density at radius 3 is 2.53 bits per heavy atom. The molecule has 4 rings (SSSR count). The van der Waals surface area contributed by atoms with Crippen molar-refractivity contribution in [3.8, 4) is 5.75 Å². The molecule has 1 aromatic heterocycles. The third kappa shape index (κ3) is 5.65. The number of amides is 1. The summed E-state index contributed by atoms with van der Waals surface area (Å²) in [4.78, 5) is 18.7. The fourth-order valence-corrected chi connectivity index (χ4v) is 4.34. The van der Waals surface area contributed by atoms with E-state index >= 15 is 0 Å². The van der Waals surface area contributed by atoms with E-state index in [1.807, 2.05) is 0 Å². The Labute approximate surface area is 205 Å². The second kappa shape index (κ2) is 9.64. The van der Waals surface area contributed by atoms with Gasteiger partial charge in [-0.25, -0.2) is 13.8 Å². The first-order valence-corrected chi connectivity index (χ1v) is 10.8. The summed E-state index contributed by atoms with van der Waals surface area (Å²) in [6.07, 6.45) is -5.63. The van der Waals surface area contributed by atoms with E-state index in [1.54, 1.807) is 0 Å². The predicted molar refractivity (Wildman–Crippen MR) is 115 cm³/mol. The lowest BCUT2D eigenvalue weighted by Gasteiger charge is -2.42. The molecule has 14 heteroatoms. The highest BCUT2D eigenvalue weighted by molar-refractivity contribution is 6.38. The zero-order valence-electron chi connectivity index (χ0n) is 19.0. The van der Waals surface area contributed by atoms with Gasteiger partial charge in [0.15, 0.2) is 0 Å². The van der Waals surface area contributed by atoms with Gasteiger partial charge in [0, 0.05) is 19.0 Å². The number of carbonyl (C=O) groups excluding carboxylic acids is 1. The minimum Gasteiger partial charge on any atom is -0.489 e. The first-order valence-electron chi connectivity index (χ1n) is 10.8. The van der Waals surface area contributed by atoms with Crippen molar-refractivity contribution in [3.63, 3.8) is 0 Å². The summed E-state index contributed by atoms with van der Waals surface area (Å²) in [7, 11) is 11.6. The summed E-state index contributed by atoms with van der Waals surface area (Å²) in [5.74, 6) is -1.94. The third-order valence-corrected chi connectivity index (χ3v) is 5.83. The van der Waals surface area contributed by atoms with Gasteiger partial charge in [0.25, 0.3) is 5.91 Å². The molecule has 36 heavy (non-hydrogen) atoms. The summed E-state index contributed by atoms with van der Waals surface area (Å²) in [6.45, 7) is 0.480. The summed E-state index contributed by atoms with van der Waals surface area (Å²) in [5, 5.41) is 0. The van der Waals surface area contributed by atoms with Crippen LogP contribution in [-0.4, -0.2) is 75.8 Å². The van der Waals surface area contributed by atoms with Crippen molar-refractivity contribution in [1.29, 1.82) is 0 Å². The molecule has 7 nitrogen and oxygen atoms in total. The van der Waals surface area contributed by atoms with Crippen LogP contribution in [0.2, 0.25) is 0 Å². The summed E-state index contributed by atoms with van der Waals surface area (Å²) in [6, 6.07) is 5.68. The Balaban J connectivity index is 1.47. The van der Waals surface area contributed by atoms with Gasteiger partial charge in [-0.3, -0.25) is 9.53 Å². The van der Waals surface area contributed by atoms with E-state index < -0.39 is 47.8 Å². The largest absolute Gasteiger partial charge is 0.522 e. The Morgan fingerprint density at radius 1 is 1.19 bits per heavy atom. The highest BCUT2D eigenvalue weighted by atomic mass is 19.4. The molecule has 0 spiro atoms. The number of pyridine rings is 1. The number of hydrogen-bond acceptors (Lipinski definition) is 6. The molecule has 2 unspecified atom stereocenters. The zero-order valence-corrected chi connectivity index (χ0v) is 19.0. The molecule has 2 fully saturated rings. The number of aryl methyl sites for hydroxylation is 1. The van der Waals surface area contributed by atoms with Crippen LogP contribution >= 0.6 is 0 Å². The quantitative estimate of drug-likeness (QED) is 0.340. The molecule has 2 aliphatic rings. The Hall–Kier alpha value is -2.70. The van der Waals surface area contributed by atoms with E-state index in [9.17, 15) is 26.7 Å². The lowest BCUT2D eigenvalue weighted by molar-refractivity contribution is -0.325. The highest BCUT2D eigenvalue weighted by Gasteiger charge is 2.56. The second-order valence-corrected chi connectivity index (χ2v) is 8.40. The number of hydrogen-bond donors (Lipinski definition) is 0. The van der Waals surface area contributed by atoms with Crippen LogP contribution in [0.5, 0.6) is 5.75 Å². The molecule has 2 saturated heterocycles. The van der Waals surface area contributed by atoms with E-state index in [-0.39, 0.29) is 48.8 Å². The van der Waals surface area contributed by atoms with Crippen LogP contribution in [-0.2, 0) is 19.8 Å². The van der Waals surface area contributed by atoms with Gasteiger partial charge in [-0.05, 0) is 36.8 Å². The second-order valence-electron chi connectivity index (χ2n) is 8.40. The van der Waals surface area contributed by atoms with E-state index in [0.717, 1.165) is 12.1 Å². The molecule has 0 aliphatic carbocycles. The first kappa shape index (κ1) is 26.4. The average molecular weight is 508 g/mol. The van der Waals surface area contributed by atoms with Crippen molar-refractivity contribution in [2.45, 2.75) is 37.0 Å². The molecule has 2 aromatic rings. The molecule has 3 heterocycles. The molecule has 1 aromatic carbocycles. The molecule has 1 amide bonds. The minimum atomic E-state index is -4.76. The van der Waals surface area contributed by atoms with Gasteiger partial charge in [0.2, 0.25) is 0 Å². The number of benzene rings is 1. The van der Waals surface area contributed by atoms with Gasteiger partial charge in [-0.15, -0.1) is 13.2 Å². The van der Waals surface area contributed by atoms with Gasteiger partial charge in [0.05, 0.1) is 24.4 Å². The summed E-state index contributed by atoms with van der Waals surface area (Å²) < 4.78 is 84.3. The smallest absolute Gasteiger partial charge is 0.489 e. The van der Waals surface area contributed by atoms with Crippen molar-refractivity contribution in [3.05, 3.63) is 58.9 Å². The minimum absolute atomic E-state index is 0.0429. The standard InChI is InChI=1S/C22H19B2F5N2O5/c1-12-17(33-6-7-34-22(27,28)29)3-2-16(30-12)19(32)31-5-4-20(13-8-14(25)10-15(26)9-13)18(11-31)35-21(23,24)36-20/h2-3,8-10,18H,4-7,11H2,1H3. The molecular formula is C22H19B2F5N2O5. The molecule has 4 radical (unpaired) electrons. The molecule has 0 N–H and O–H groups in total. The van der Waals surface area contributed by atoms with Gasteiger partial charge in [0.1, 0.15) is 57.1 Å². The van der Waals surface area contributed by atoms with Gasteiger partial charge in [-0.1, -0.05) is 0 Å². The van der Waals surface area contributed by atoms with Crippen LogP contribution < -0.4 is 4.74 Å². The van der Waals surface area contributed by atoms with E-state index in [2.05, 4.69) is 9.72 Å². The fraction of sp³-hybridized carbons (Fsp3) is 0.455. The van der Waals surface area contributed by atoms with Crippen LogP contribution in [0.1, 0.15) is 28.2 Å². The van der Waals surface area contributed by atoms with Gasteiger partial charge in [-0.2, -0.15) is 0 Å². The normalized spacial score (nSPS) is 23.4. The predicted octanol–water partition coefficient (Wildman–Crippen LogP) is 2.69. The van der Waals surface area contributed by atoms with Gasteiger partial charge < -0.3 is 19.1 Å². The number of piperidine rings is 1. The monoisotopic (exact) mass is 508 g/mol. The van der Waals surface area contributed by atoms with Crippen molar-refractivity contribution < 1.29 is 45.7 Å². The van der Waals surface area contributed by atoms with Crippen LogP contribution in [0.4, 0.5) is 22.0 Å². The maximum Gasteiger partial charge on any atom is 0.522 e. The van der Waals surface area contributed by atoms with Crippen LogP contribution in [0.3, 0.4) is 0 Å². The Bertz CT molecular complexity index is 1130. The topological polar surface area (TPSA) is 70.1 Å². The number of ether oxygens (including phenoxy) is 4. The summed E-state index contributed by atoms with van der Waals surface area (Å²) >= 11 is 0. The maximum absolute atomic E-state index is 13.9. The Morgan fingerprint density at radius 2 is 1.89 bits per heavy atom.